The number of benzene rings is 1. The largest absolute Gasteiger partial charge is 0.495 e. The van der Waals surface area contributed by atoms with Gasteiger partial charge >= 0.3 is 0 Å². The van der Waals surface area contributed by atoms with Crippen LogP contribution in [-0.4, -0.2) is 14.2 Å². The van der Waals surface area contributed by atoms with E-state index in [1.807, 2.05) is 25.2 Å². The second-order valence-corrected chi connectivity index (χ2v) is 4.66. The van der Waals surface area contributed by atoms with Gasteiger partial charge in [-0.1, -0.05) is 6.07 Å². The molecule has 0 atom stereocenters. The SMILES string of the molecule is COc1cccc(N(C)Cc2ccsc2)c1N. The summed E-state index contributed by atoms with van der Waals surface area (Å²) in [5.41, 5.74) is 9.03. The number of para-hydroxylation sites is 1. The summed E-state index contributed by atoms with van der Waals surface area (Å²) in [4.78, 5) is 2.12. The lowest BCUT2D eigenvalue weighted by Gasteiger charge is -2.21. The topological polar surface area (TPSA) is 38.5 Å². The Morgan fingerprint density at radius 1 is 1.35 bits per heavy atom. The predicted octanol–water partition coefficient (Wildman–Crippen LogP) is 2.98. The molecular formula is C13H16N2OS. The molecule has 17 heavy (non-hydrogen) atoms. The van der Waals surface area contributed by atoms with Crippen molar-refractivity contribution in [3.63, 3.8) is 0 Å². The number of nitrogens with two attached hydrogens (primary N) is 1. The Morgan fingerprint density at radius 3 is 2.82 bits per heavy atom. The number of nitrogen functional groups attached to an aromatic ring is 1. The third-order valence-electron chi connectivity index (χ3n) is 2.67. The Bertz CT molecular complexity index is 482. The molecule has 1 heterocycles. The molecule has 0 amide bonds. The van der Waals surface area contributed by atoms with Gasteiger partial charge in [0.15, 0.2) is 0 Å². The van der Waals surface area contributed by atoms with Crippen LogP contribution in [0.1, 0.15) is 5.56 Å². The molecule has 0 aliphatic heterocycles. The molecule has 0 bridgehead atoms. The van der Waals surface area contributed by atoms with Crippen molar-refractivity contribution < 1.29 is 4.74 Å². The van der Waals surface area contributed by atoms with Gasteiger partial charge in [-0.15, -0.1) is 0 Å². The van der Waals surface area contributed by atoms with Gasteiger partial charge in [-0.05, 0) is 34.5 Å². The lowest BCUT2D eigenvalue weighted by molar-refractivity contribution is 0.417. The van der Waals surface area contributed by atoms with Gasteiger partial charge in [-0.3, -0.25) is 0 Å². The molecule has 0 radical (unpaired) electrons. The van der Waals surface area contributed by atoms with Crippen LogP contribution < -0.4 is 15.4 Å². The van der Waals surface area contributed by atoms with Crippen molar-refractivity contribution in [1.82, 2.24) is 0 Å². The van der Waals surface area contributed by atoms with Crippen molar-refractivity contribution in [2.75, 3.05) is 24.8 Å². The molecule has 0 unspecified atom stereocenters. The van der Waals surface area contributed by atoms with Gasteiger partial charge in [-0.2, -0.15) is 11.3 Å². The van der Waals surface area contributed by atoms with Crippen LogP contribution in [-0.2, 0) is 6.54 Å². The predicted molar refractivity (Wildman–Crippen MR) is 73.8 cm³/mol. The highest BCUT2D eigenvalue weighted by Crippen LogP contribution is 2.32. The minimum Gasteiger partial charge on any atom is -0.495 e. The normalized spacial score (nSPS) is 10.2. The monoisotopic (exact) mass is 248 g/mol. The quantitative estimate of drug-likeness (QED) is 0.845. The van der Waals surface area contributed by atoms with E-state index in [4.69, 9.17) is 10.5 Å². The first kappa shape index (κ1) is 11.8. The first-order valence-corrected chi connectivity index (χ1v) is 6.31. The first-order valence-electron chi connectivity index (χ1n) is 5.37. The Morgan fingerprint density at radius 2 is 2.18 bits per heavy atom. The Balaban J connectivity index is 2.22. The van der Waals surface area contributed by atoms with Crippen LogP contribution in [0, 0.1) is 0 Å². The molecule has 0 fully saturated rings. The fourth-order valence-corrected chi connectivity index (χ4v) is 2.44. The number of methoxy groups -OCH3 is 1. The highest BCUT2D eigenvalue weighted by Gasteiger charge is 2.09. The lowest BCUT2D eigenvalue weighted by Crippen LogP contribution is -2.17. The van der Waals surface area contributed by atoms with Gasteiger partial charge in [0.2, 0.25) is 0 Å². The van der Waals surface area contributed by atoms with E-state index < -0.39 is 0 Å². The number of rotatable bonds is 4. The zero-order valence-electron chi connectivity index (χ0n) is 10.0. The molecule has 3 nitrogen and oxygen atoms in total. The van der Waals surface area contributed by atoms with Crippen molar-refractivity contribution in [3.05, 3.63) is 40.6 Å². The van der Waals surface area contributed by atoms with Crippen molar-refractivity contribution in [2.45, 2.75) is 6.54 Å². The molecule has 2 aromatic rings. The van der Waals surface area contributed by atoms with Gasteiger partial charge in [0, 0.05) is 13.6 Å². The number of hydrogen-bond acceptors (Lipinski definition) is 4. The Hall–Kier alpha value is -1.68. The van der Waals surface area contributed by atoms with Crippen molar-refractivity contribution in [1.29, 1.82) is 0 Å². The number of ether oxygens (including phenoxy) is 1. The third kappa shape index (κ3) is 2.53. The summed E-state index contributed by atoms with van der Waals surface area (Å²) in [6, 6.07) is 7.95. The van der Waals surface area contributed by atoms with E-state index in [-0.39, 0.29) is 0 Å². The number of anilines is 2. The maximum absolute atomic E-state index is 6.06. The van der Waals surface area contributed by atoms with E-state index >= 15 is 0 Å². The molecule has 4 heteroatoms. The molecule has 2 rings (SSSR count). The molecule has 1 aromatic heterocycles. The van der Waals surface area contributed by atoms with Gasteiger partial charge in [-0.25, -0.2) is 0 Å². The third-order valence-corrected chi connectivity index (χ3v) is 3.41. The zero-order valence-corrected chi connectivity index (χ0v) is 10.8. The van der Waals surface area contributed by atoms with Crippen molar-refractivity contribution in [3.8, 4) is 5.75 Å². The van der Waals surface area contributed by atoms with E-state index in [1.165, 1.54) is 5.56 Å². The highest BCUT2D eigenvalue weighted by molar-refractivity contribution is 7.07. The molecule has 90 valence electrons. The highest BCUT2D eigenvalue weighted by atomic mass is 32.1. The number of hydrogen-bond donors (Lipinski definition) is 1. The first-order chi connectivity index (χ1) is 8.22. The average molecular weight is 248 g/mol. The second kappa shape index (κ2) is 5.10. The lowest BCUT2D eigenvalue weighted by atomic mass is 10.2. The number of thiophene rings is 1. The summed E-state index contributed by atoms with van der Waals surface area (Å²) in [6.07, 6.45) is 0. The van der Waals surface area contributed by atoms with Crippen LogP contribution in [0.3, 0.4) is 0 Å². The number of nitrogens with zero attached hydrogens (tertiary/aromatic N) is 1. The fraction of sp³-hybridized carbons (Fsp3) is 0.231. The molecular weight excluding hydrogens is 232 g/mol. The summed E-state index contributed by atoms with van der Waals surface area (Å²) in [6.45, 7) is 0.848. The Kier molecular flexibility index (Phi) is 3.54. The van der Waals surface area contributed by atoms with Crippen molar-refractivity contribution in [2.24, 2.45) is 0 Å². The van der Waals surface area contributed by atoms with Crippen LogP contribution in [0.2, 0.25) is 0 Å². The van der Waals surface area contributed by atoms with Gasteiger partial charge in [0.25, 0.3) is 0 Å². The van der Waals surface area contributed by atoms with Crippen LogP contribution >= 0.6 is 11.3 Å². The van der Waals surface area contributed by atoms with Gasteiger partial charge in [0.05, 0.1) is 18.5 Å². The summed E-state index contributed by atoms with van der Waals surface area (Å²) in [5, 5.41) is 4.23. The van der Waals surface area contributed by atoms with Crippen LogP contribution in [0.4, 0.5) is 11.4 Å². The summed E-state index contributed by atoms with van der Waals surface area (Å²) in [7, 11) is 3.66. The van der Waals surface area contributed by atoms with E-state index in [0.29, 0.717) is 5.69 Å². The summed E-state index contributed by atoms with van der Waals surface area (Å²) in [5.74, 6) is 0.722. The second-order valence-electron chi connectivity index (χ2n) is 3.88. The minimum absolute atomic E-state index is 0.688. The summed E-state index contributed by atoms with van der Waals surface area (Å²) < 4.78 is 5.22. The zero-order chi connectivity index (χ0) is 12.3. The molecule has 0 spiro atoms. The molecule has 2 N–H and O–H groups in total. The summed E-state index contributed by atoms with van der Waals surface area (Å²) >= 11 is 1.71. The Labute approximate surface area is 105 Å². The van der Waals surface area contributed by atoms with Gasteiger partial charge < -0.3 is 15.4 Å². The maximum Gasteiger partial charge on any atom is 0.143 e. The molecule has 1 aromatic carbocycles. The van der Waals surface area contributed by atoms with Crippen molar-refractivity contribution >= 4 is 22.7 Å². The van der Waals surface area contributed by atoms with Crippen LogP contribution in [0.15, 0.2) is 35.0 Å². The average Bonchev–Trinajstić information content (AvgIpc) is 2.82. The van der Waals surface area contributed by atoms with E-state index in [9.17, 15) is 0 Å². The van der Waals surface area contributed by atoms with E-state index in [2.05, 4.69) is 21.7 Å². The molecule has 0 saturated heterocycles. The molecule has 0 saturated carbocycles. The van der Waals surface area contributed by atoms with Gasteiger partial charge in [0.1, 0.15) is 5.75 Å². The minimum atomic E-state index is 0.688. The molecule has 0 aliphatic rings. The van der Waals surface area contributed by atoms with Crippen LogP contribution in [0.25, 0.3) is 0 Å². The molecule has 0 aliphatic carbocycles. The maximum atomic E-state index is 6.06. The van der Waals surface area contributed by atoms with E-state index in [0.717, 1.165) is 18.0 Å². The van der Waals surface area contributed by atoms with Crippen LogP contribution in [0.5, 0.6) is 5.75 Å². The standard InChI is InChI=1S/C13H16N2OS/c1-15(8-10-6-7-17-9-10)11-4-3-5-12(16-2)13(11)14/h3-7,9H,8,14H2,1-2H3. The fourth-order valence-electron chi connectivity index (χ4n) is 1.78. The smallest absolute Gasteiger partial charge is 0.143 e. The van der Waals surface area contributed by atoms with E-state index in [1.54, 1.807) is 18.4 Å².